The second kappa shape index (κ2) is 5.03. The predicted molar refractivity (Wildman–Crippen MR) is 61.9 cm³/mol. The maximum absolute atomic E-state index is 5.53. The van der Waals surface area contributed by atoms with Gasteiger partial charge in [-0.2, -0.15) is 0 Å². The summed E-state index contributed by atoms with van der Waals surface area (Å²) >= 11 is 0. The summed E-state index contributed by atoms with van der Waals surface area (Å²) in [7, 11) is 0. The van der Waals surface area contributed by atoms with Crippen LogP contribution in [-0.4, -0.2) is 26.1 Å². The van der Waals surface area contributed by atoms with Crippen LogP contribution in [0.1, 0.15) is 25.6 Å². The minimum atomic E-state index is 0.633. The van der Waals surface area contributed by atoms with E-state index >= 15 is 0 Å². The summed E-state index contributed by atoms with van der Waals surface area (Å²) in [5, 5.41) is 8.17. The Morgan fingerprint density at radius 1 is 1.38 bits per heavy atom. The Morgan fingerprint density at radius 2 is 2.25 bits per heavy atom. The summed E-state index contributed by atoms with van der Waals surface area (Å²) in [6.07, 6.45) is 6.76. The van der Waals surface area contributed by atoms with E-state index in [9.17, 15) is 0 Å². The molecule has 0 saturated heterocycles. The molecule has 1 atom stereocenters. The van der Waals surface area contributed by atoms with Gasteiger partial charge in [-0.1, -0.05) is 6.92 Å². The largest absolute Gasteiger partial charge is 0.330 e. The lowest BCUT2D eigenvalue weighted by Gasteiger charge is -2.07. The molecule has 0 bridgehead atoms. The van der Waals surface area contributed by atoms with Gasteiger partial charge >= 0.3 is 0 Å². The molecule has 5 heteroatoms. The van der Waals surface area contributed by atoms with Crippen molar-refractivity contribution in [3.8, 4) is 0 Å². The Hall–Kier alpha value is -1.49. The number of fused-ring (bicyclic) bond motifs is 1. The molecule has 5 nitrogen and oxygen atoms in total. The van der Waals surface area contributed by atoms with Gasteiger partial charge in [-0.25, -0.2) is 4.98 Å². The molecule has 2 rings (SSSR count). The molecule has 0 aliphatic carbocycles. The third-order valence-electron chi connectivity index (χ3n) is 2.78. The summed E-state index contributed by atoms with van der Waals surface area (Å²) in [6.45, 7) is 2.97. The normalized spacial score (nSPS) is 13.1. The molecule has 0 saturated carbocycles. The number of aromatic nitrogens is 4. The van der Waals surface area contributed by atoms with Crippen LogP contribution in [0.3, 0.4) is 0 Å². The second-order valence-electron chi connectivity index (χ2n) is 4.13. The van der Waals surface area contributed by atoms with Crippen LogP contribution in [0, 0.1) is 5.92 Å². The molecule has 2 N–H and O–H groups in total. The Morgan fingerprint density at radius 3 is 3.06 bits per heavy atom. The molecule has 1 unspecified atom stereocenters. The monoisotopic (exact) mass is 219 g/mol. The summed E-state index contributed by atoms with van der Waals surface area (Å²) in [6, 6.07) is 1.89. The summed E-state index contributed by atoms with van der Waals surface area (Å²) < 4.78 is 1.94. The average Bonchev–Trinajstić information content (AvgIpc) is 2.70. The van der Waals surface area contributed by atoms with Crippen molar-refractivity contribution in [1.82, 2.24) is 19.6 Å². The first-order valence-corrected chi connectivity index (χ1v) is 5.66. The van der Waals surface area contributed by atoms with E-state index in [1.165, 1.54) is 0 Å². The molecular weight excluding hydrogens is 202 g/mol. The van der Waals surface area contributed by atoms with Gasteiger partial charge in [-0.15, -0.1) is 10.2 Å². The highest BCUT2D eigenvalue weighted by atomic mass is 15.3. The van der Waals surface area contributed by atoms with Crippen molar-refractivity contribution in [3.63, 3.8) is 0 Å². The summed E-state index contributed by atoms with van der Waals surface area (Å²) in [5.41, 5.74) is 5.53. The van der Waals surface area contributed by atoms with Gasteiger partial charge in [0.15, 0.2) is 0 Å². The first-order chi connectivity index (χ1) is 7.81. The highest BCUT2D eigenvalue weighted by Crippen LogP contribution is 2.11. The molecule has 86 valence electrons. The zero-order chi connectivity index (χ0) is 11.4. The molecule has 0 spiro atoms. The Labute approximate surface area is 94.7 Å². The molecule has 16 heavy (non-hydrogen) atoms. The van der Waals surface area contributed by atoms with E-state index in [0.717, 1.165) is 31.6 Å². The number of aryl methyl sites for hydroxylation is 1. The predicted octanol–water partition coefficient (Wildman–Crippen LogP) is 1.04. The fraction of sp³-hybridized carbons (Fsp3) is 0.545. The van der Waals surface area contributed by atoms with Crippen LogP contribution in [0.2, 0.25) is 0 Å². The van der Waals surface area contributed by atoms with Crippen molar-refractivity contribution in [1.29, 1.82) is 0 Å². The molecule has 0 aliphatic rings. The van der Waals surface area contributed by atoms with Gasteiger partial charge in [0, 0.05) is 18.8 Å². The Bertz CT molecular complexity index is 450. The maximum Gasteiger partial charge on any atom is 0.254 e. The second-order valence-corrected chi connectivity index (χ2v) is 4.13. The van der Waals surface area contributed by atoms with Crippen LogP contribution in [0.15, 0.2) is 18.5 Å². The Kier molecular flexibility index (Phi) is 3.46. The van der Waals surface area contributed by atoms with Gasteiger partial charge in [0.2, 0.25) is 0 Å². The third-order valence-corrected chi connectivity index (χ3v) is 2.78. The van der Waals surface area contributed by atoms with E-state index in [2.05, 4.69) is 22.1 Å². The van der Waals surface area contributed by atoms with E-state index in [0.29, 0.717) is 11.7 Å². The first kappa shape index (κ1) is 11.0. The molecule has 0 aliphatic heterocycles. The molecule has 0 radical (unpaired) electrons. The standard InChI is InChI=1S/C11H17N5/c1-9(5-6-12)3-4-10-14-15-11-13-7-2-8-16(10)11/h2,7-9H,3-6,12H2,1H3. The molecule has 0 amide bonds. The van der Waals surface area contributed by atoms with Crippen LogP contribution in [0.4, 0.5) is 0 Å². The quantitative estimate of drug-likeness (QED) is 0.815. The van der Waals surface area contributed by atoms with E-state index in [1.54, 1.807) is 6.20 Å². The topological polar surface area (TPSA) is 69.1 Å². The fourth-order valence-corrected chi connectivity index (χ4v) is 1.76. The minimum absolute atomic E-state index is 0.633. The summed E-state index contributed by atoms with van der Waals surface area (Å²) in [4.78, 5) is 4.13. The van der Waals surface area contributed by atoms with E-state index in [4.69, 9.17) is 5.73 Å². The van der Waals surface area contributed by atoms with E-state index in [1.807, 2.05) is 16.7 Å². The molecular formula is C11H17N5. The highest BCUT2D eigenvalue weighted by molar-refractivity contribution is 5.26. The van der Waals surface area contributed by atoms with Crippen molar-refractivity contribution in [2.24, 2.45) is 11.7 Å². The molecule has 2 aromatic heterocycles. The number of hydrogen-bond acceptors (Lipinski definition) is 4. The first-order valence-electron chi connectivity index (χ1n) is 5.66. The minimum Gasteiger partial charge on any atom is -0.330 e. The molecule has 0 aromatic carbocycles. The van der Waals surface area contributed by atoms with Crippen molar-refractivity contribution in [2.45, 2.75) is 26.2 Å². The maximum atomic E-state index is 5.53. The van der Waals surface area contributed by atoms with Crippen molar-refractivity contribution in [3.05, 3.63) is 24.3 Å². The van der Waals surface area contributed by atoms with Crippen LogP contribution in [-0.2, 0) is 6.42 Å². The number of nitrogens with two attached hydrogens (primary N) is 1. The van der Waals surface area contributed by atoms with Crippen molar-refractivity contribution >= 4 is 5.78 Å². The molecule has 2 aromatic rings. The third kappa shape index (κ3) is 2.36. The fourth-order valence-electron chi connectivity index (χ4n) is 1.76. The van der Waals surface area contributed by atoms with E-state index < -0.39 is 0 Å². The molecule has 2 heterocycles. The lowest BCUT2D eigenvalue weighted by atomic mass is 10.0. The number of hydrogen-bond donors (Lipinski definition) is 1. The van der Waals surface area contributed by atoms with Gasteiger partial charge < -0.3 is 5.73 Å². The summed E-state index contributed by atoms with van der Waals surface area (Å²) in [5.74, 6) is 2.28. The Balaban J connectivity index is 2.04. The SMILES string of the molecule is CC(CCN)CCc1nnc2ncccn12. The van der Waals surface area contributed by atoms with Crippen molar-refractivity contribution in [2.75, 3.05) is 6.54 Å². The zero-order valence-corrected chi connectivity index (χ0v) is 9.50. The van der Waals surface area contributed by atoms with Gasteiger partial charge in [0.1, 0.15) is 5.82 Å². The van der Waals surface area contributed by atoms with Gasteiger partial charge in [-0.3, -0.25) is 4.40 Å². The van der Waals surface area contributed by atoms with Crippen molar-refractivity contribution < 1.29 is 0 Å². The van der Waals surface area contributed by atoms with Crippen LogP contribution < -0.4 is 5.73 Å². The number of nitrogens with zero attached hydrogens (tertiary/aromatic N) is 4. The van der Waals surface area contributed by atoms with Crippen LogP contribution in [0.5, 0.6) is 0 Å². The molecule has 0 fully saturated rings. The van der Waals surface area contributed by atoms with Crippen LogP contribution >= 0.6 is 0 Å². The van der Waals surface area contributed by atoms with Gasteiger partial charge in [0.25, 0.3) is 5.78 Å². The lowest BCUT2D eigenvalue weighted by molar-refractivity contribution is 0.492. The number of rotatable bonds is 5. The highest BCUT2D eigenvalue weighted by Gasteiger charge is 2.07. The smallest absolute Gasteiger partial charge is 0.254 e. The van der Waals surface area contributed by atoms with Gasteiger partial charge in [-0.05, 0) is 31.4 Å². The lowest BCUT2D eigenvalue weighted by Crippen LogP contribution is -2.07. The zero-order valence-electron chi connectivity index (χ0n) is 9.50. The average molecular weight is 219 g/mol. The van der Waals surface area contributed by atoms with Crippen LogP contribution in [0.25, 0.3) is 5.78 Å². The van der Waals surface area contributed by atoms with E-state index in [-0.39, 0.29) is 0 Å². The van der Waals surface area contributed by atoms with Gasteiger partial charge in [0.05, 0.1) is 0 Å².